The molecule has 0 fully saturated rings. The van der Waals surface area contributed by atoms with Crippen LogP contribution in [0.25, 0.3) is 0 Å². The van der Waals surface area contributed by atoms with Crippen molar-refractivity contribution in [1.29, 1.82) is 0 Å². The zero-order chi connectivity index (χ0) is 34.2. The number of ether oxygens (including phenoxy) is 2. The van der Waals surface area contributed by atoms with Crippen LogP contribution in [-0.4, -0.2) is 54.8 Å². The Bertz CT molecular complexity index is 889. The van der Waals surface area contributed by atoms with Gasteiger partial charge in [0.25, 0.3) is 0 Å². The highest BCUT2D eigenvalue weighted by molar-refractivity contribution is 5.72. The smallest absolute Gasteiger partial charge is 0.311 e. The summed E-state index contributed by atoms with van der Waals surface area (Å²) in [5.74, 6) is 0.532. The van der Waals surface area contributed by atoms with E-state index in [1.807, 2.05) is 6.07 Å². The molecule has 0 heterocycles. The van der Waals surface area contributed by atoms with Crippen LogP contribution >= 0.6 is 0 Å². The average molecular weight is 660 g/mol. The second-order valence-electron chi connectivity index (χ2n) is 13.6. The van der Waals surface area contributed by atoms with Crippen LogP contribution in [0, 0.1) is 0 Å². The third-order valence-corrected chi connectivity index (χ3v) is 9.15. The molecule has 1 N–H and O–H groups in total. The molecule has 0 atom stereocenters. The maximum absolute atomic E-state index is 12.5. The minimum atomic E-state index is -0.124. The summed E-state index contributed by atoms with van der Waals surface area (Å²) in [6, 6.07) is 6.21. The van der Waals surface area contributed by atoms with E-state index in [9.17, 15) is 14.7 Å². The van der Waals surface area contributed by atoms with E-state index in [0.717, 1.165) is 122 Å². The first-order chi connectivity index (χ1) is 23.0. The highest BCUT2D eigenvalue weighted by Gasteiger charge is 2.10. The molecule has 1 rings (SSSR count). The van der Waals surface area contributed by atoms with Gasteiger partial charge in [0.1, 0.15) is 5.75 Å². The summed E-state index contributed by atoms with van der Waals surface area (Å²) in [4.78, 5) is 26.8. The predicted octanol–water partition coefficient (Wildman–Crippen LogP) is 10.5. The van der Waals surface area contributed by atoms with Crippen molar-refractivity contribution in [1.82, 2.24) is 4.90 Å². The van der Waals surface area contributed by atoms with Gasteiger partial charge in [0.05, 0.1) is 13.2 Å². The SMILES string of the molecule is CCCCCCCCCOC(=O)CCCCCCCN(CCO)CCCCCCCC(=O)Oc1ccc(CCCC)c(CCCC)c1. The molecule has 0 saturated carbocycles. The van der Waals surface area contributed by atoms with Gasteiger partial charge in [0.2, 0.25) is 0 Å². The van der Waals surface area contributed by atoms with E-state index < -0.39 is 0 Å². The standard InChI is InChI=1S/C41H73NO5/c1-4-7-10-11-12-19-24-35-46-40(44)27-20-15-13-17-22-31-42(33-34-43)32-23-18-14-16-21-28-41(45)47-39-30-29-37(25-8-5-2)38(36-39)26-9-6-3/h29-30,36,43H,4-28,31-35H2,1-3H3. The fourth-order valence-electron chi connectivity index (χ4n) is 6.12. The van der Waals surface area contributed by atoms with Crippen LogP contribution in [0.5, 0.6) is 5.75 Å². The first kappa shape index (κ1) is 43.1. The zero-order valence-electron chi connectivity index (χ0n) is 31.0. The Morgan fingerprint density at radius 1 is 0.574 bits per heavy atom. The topological polar surface area (TPSA) is 76.1 Å². The van der Waals surface area contributed by atoms with Gasteiger partial charge >= 0.3 is 11.9 Å². The molecular weight excluding hydrogens is 586 g/mol. The first-order valence-corrected chi connectivity index (χ1v) is 19.8. The molecule has 1 aromatic rings. The van der Waals surface area contributed by atoms with Gasteiger partial charge in [-0.25, -0.2) is 0 Å². The quantitative estimate of drug-likeness (QED) is 0.0460. The average Bonchev–Trinajstić information content (AvgIpc) is 3.07. The van der Waals surface area contributed by atoms with E-state index in [2.05, 4.69) is 37.8 Å². The third-order valence-electron chi connectivity index (χ3n) is 9.15. The first-order valence-electron chi connectivity index (χ1n) is 19.8. The molecule has 1 aromatic carbocycles. The van der Waals surface area contributed by atoms with Gasteiger partial charge in [0, 0.05) is 19.4 Å². The molecule has 0 radical (unpaired) electrons. The van der Waals surface area contributed by atoms with Gasteiger partial charge in [-0.05, 0) is 94.1 Å². The summed E-state index contributed by atoms with van der Waals surface area (Å²) in [5.41, 5.74) is 2.74. The maximum atomic E-state index is 12.5. The molecule has 0 bridgehead atoms. The number of unbranched alkanes of at least 4 members (excludes halogenated alkanes) is 16. The molecule has 6 nitrogen and oxygen atoms in total. The summed E-state index contributed by atoms with van der Waals surface area (Å²) < 4.78 is 11.1. The van der Waals surface area contributed by atoms with E-state index in [4.69, 9.17) is 9.47 Å². The molecule has 0 aliphatic rings. The zero-order valence-corrected chi connectivity index (χ0v) is 31.0. The monoisotopic (exact) mass is 660 g/mol. The molecule has 47 heavy (non-hydrogen) atoms. The Labute approximate surface area is 289 Å². The number of aliphatic hydroxyl groups excluding tert-OH is 1. The summed E-state index contributed by atoms with van der Waals surface area (Å²) in [6.07, 6.45) is 27.2. The van der Waals surface area contributed by atoms with Gasteiger partial charge in [0.15, 0.2) is 0 Å². The molecule has 6 heteroatoms. The highest BCUT2D eigenvalue weighted by Crippen LogP contribution is 2.22. The van der Waals surface area contributed by atoms with Gasteiger partial charge < -0.3 is 19.5 Å². The minimum Gasteiger partial charge on any atom is -0.466 e. The van der Waals surface area contributed by atoms with Crippen molar-refractivity contribution in [2.24, 2.45) is 0 Å². The lowest BCUT2D eigenvalue weighted by atomic mass is 9.97. The lowest BCUT2D eigenvalue weighted by Gasteiger charge is -2.21. The Balaban J connectivity index is 2.08. The number of benzene rings is 1. The van der Waals surface area contributed by atoms with Crippen LogP contribution < -0.4 is 4.74 Å². The van der Waals surface area contributed by atoms with E-state index >= 15 is 0 Å². The Hall–Kier alpha value is -1.92. The van der Waals surface area contributed by atoms with Crippen molar-refractivity contribution in [3.8, 4) is 5.75 Å². The van der Waals surface area contributed by atoms with Gasteiger partial charge in [-0.2, -0.15) is 0 Å². The Morgan fingerprint density at radius 2 is 1.09 bits per heavy atom. The Kier molecular flexibility index (Phi) is 28.8. The third kappa shape index (κ3) is 24.8. The lowest BCUT2D eigenvalue weighted by Crippen LogP contribution is -2.29. The summed E-state index contributed by atoms with van der Waals surface area (Å²) in [5, 5.41) is 9.50. The van der Waals surface area contributed by atoms with Gasteiger partial charge in [-0.15, -0.1) is 0 Å². The second-order valence-corrected chi connectivity index (χ2v) is 13.6. The number of carbonyl (C=O) groups is 2. The summed E-state index contributed by atoms with van der Waals surface area (Å²) >= 11 is 0. The van der Waals surface area contributed by atoms with Crippen LogP contribution in [0.15, 0.2) is 18.2 Å². The Morgan fingerprint density at radius 3 is 1.68 bits per heavy atom. The van der Waals surface area contributed by atoms with Gasteiger partial charge in [-0.1, -0.05) is 117 Å². The number of nitrogens with zero attached hydrogens (tertiary/aromatic N) is 1. The van der Waals surface area contributed by atoms with Crippen LogP contribution in [0.3, 0.4) is 0 Å². The van der Waals surface area contributed by atoms with E-state index in [0.29, 0.717) is 25.2 Å². The summed E-state index contributed by atoms with van der Waals surface area (Å²) in [6.45, 7) is 10.2. The lowest BCUT2D eigenvalue weighted by molar-refractivity contribution is -0.144. The molecule has 0 spiro atoms. The number of hydrogen-bond acceptors (Lipinski definition) is 6. The molecule has 0 aliphatic carbocycles. The van der Waals surface area contributed by atoms with Crippen molar-refractivity contribution in [2.45, 2.75) is 181 Å². The van der Waals surface area contributed by atoms with Crippen LogP contribution in [0.1, 0.15) is 180 Å². The van der Waals surface area contributed by atoms with Crippen molar-refractivity contribution < 1.29 is 24.2 Å². The van der Waals surface area contributed by atoms with Crippen LogP contribution in [0.2, 0.25) is 0 Å². The molecule has 0 aliphatic heterocycles. The normalized spacial score (nSPS) is 11.3. The number of aliphatic hydroxyl groups is 1. The van der Waals surface area contributed by atoms with Crippen molar-refractivity contribution in [2.75, 3.05) is 32.8 Å². The molecule has 0 amide bonds. The van der Waals surface area contributed by atoms with Gasteiger partial charge in [-0.3, -0.25) is 9.59 Å². The maximum Gasteiger partial charge on any atom is 0.311 e. The fraction of sp³-hybridized carbons (Fsp3) is 0.805. The second kappa shape index (κ2) is 31.4. The fourth-order valence-corrected chi connectivity index (χ4v) is 6.12. The molecule has 0 aromatic heterocycles. The van der Waals surface area contributed by atoms with Crippen LogP contribution in [0.4, 0.5) is 0 Å². The largest absolute Gasteiger partial charge is 0.466 e. The number of aryl methyl sites for hydroxylation is 2. The van der Waals surface area contributed by atoms with E-state index in [1.54, 1.807) is 0 Å². The number of hydrogen-bond donors (Lipinski definition) is 1. The van der Waals surface area contributed by atoms with Crippen molar-refractivity contribution >= 4 is 11.9 Å². The summed E-state index contributed by atoms with van der Waals surface area (Å²) in [7, 11) is 0. The van der Waals surface area contributed by atoms with E-state index in [-0.39, 0.29) is 18.5 Å². The molecule has 0 saturated heterocycles. The minimum absolute atomic E-state index is 0.0374. The number of esters is 2. The van der Waals surface area contributed by atoms with E-state index in [1.165, 1.54) is 56.1 Å². The predicted molar refractivity (Wildman–Crippen MR) is 197 cm³/mol. The molecule has 272 valence electrons. The molecular formula is C41H73NO5. The van der Waals surface area contributed by atoms with Crippen molar-refractivity contribution in [3.05, 3.63) is 29.3 Å². The number of rotatable bonds is 33. The van der Waals surface area contributed by atoms with Crippen LogP contribution in [-0.2, 0) is 27.2 Å². The number of carbonyl (C=O) groups excluding carboxylic acids is 2. The molecule has 0 unspecified atom stereocenters. The highest BCUT2D eigenvalue weighted by atomic mass is 16.5. The van der Waals surface area contributed by atoms with Crippen molar-refractivity contribution in [3.63, 3.8) is 0 Å².